The van der Waals surface area contributed by atoms with Gasteiger partial charge in [0.25, 0.3) is 0 Å². The summed E-state index contributed by atoms with van der Waals surface area (Å²) in [4.78, 5) is 33.8. The fourth-order valence-electron chi connectivity index (χ4n) is 1.91. The van der Waals surface area contributed by atoms with E-state index in [-0.39, 0.29) is 17.9 Å². The number of hydrogen-bond acceptors (Lipinski definition) is 3. The van der Waals surface area contributed by atoms with Crippen molar-refractivity contribution in [1.82, 2.24) is 16.0 Å². The van der Waals surface area contributed by atoms with Crippen molar-refractivity contribution in [3.05, 3.63) is 0 Å². The number of piperidine rings is 1. The second-order valence-electron chi connectivity index (χ2n) is 4.86. The molecule has 1 rings (SSSR count). The van der Waals surface area contributed by atoms with Crippen LogP contribution in [0, 0.1) is 5.92 Å². The number of aliphatic carboxylic acids is 1. The van der Waals surface area contributed by atoms with Gasteiger partial charge in [0.15, 0.2) is 0 Å². The SMILES string of the molecule is CC[C@H](C)[C@H](NC(=O)NC1CCC(=O)NC1)C(=O)O. The maximum Gasteiger partial charge on any atom is 0.326 e. The van der Waals surface area contributed by atoms with Crippen LogP contribution >= 0.6 is 0 Å². The van der Waals surface area contributed by atoms with E-state index in [0.717, 1.165) is 0 Å². The van der Waals surface area contributed by atoms with Gasteiger partial charge in [-0.1, -0.05) is 20.3 Å². The molecule has 3 atom stereocenters. The molecule has 1 heterocycles. The predicted molar refractivity (Wildman–Crippen MR) is 68.6 cm³/mol. The van der Waals surface area contributed by atoms with Gasteiger partial charge in [-0.15, -0.1) is 0 Å². The second kappa shape index (κ2) is 6.96. The maximum atomic E-state index is 11.7. The maximum absolute atomic E-state index is 11.7. The first-order valence-corrected chi connectivity index (χ1v) is 6.50. The summed E-state index contributed by atoms with van der Waals surface area (Å²) in [5, 5.41) is 16.9. The van der Waals surface area contributed by atoms with Crippen molar-refractivity contribution in [2.45, 2.75) is 45.2 Å². The van der Waals surface area contributed by atoms with Crippen molar-refractivity contribution in [3.8, 4) is 0 Å². The number of carboxylic acid groups (broad SMARTS) is 1. The normalized spacial score (nSPS) is 22.0. The van der Waals surface area contributed by atoms with Crippen molar-refractivity contribution in [2.75, 3.05) is 6.54 Å². The van der Waals surface area contributed by atoms with E-state index >= 15 is 0 Å². The molecule has 0 saturated carbocycles. The van der Waals surface area contributed by atoms with Gasteiger partial charge in [0.2, 0.25) is 5.91 Å². The van der Waals surface area contributed by atoms with Gasteiger partial charge in [-0.2, -0.15) is 0 Å². The second-order valence-corrected chi connectivity index (χ2v) is 4.86. The number of hydrogen-bond donors (Lipinski definition) is 4. The highest BCUT2D eigenvalue weighted by Crippen LogP contribution is 2.08. The molecule has 3 amide bonds. The van der Waals surface area contributed by atoms with Crippen LogP contribution in [0.25, 0.3) is 0 Å². The molecule has 1 aliphatic rings. The molecule has 108 valence electrons. The average Bonchev–Trinajstić information content (AvgIpc) is 2.37. The Morgan fingerprint density at radius 2 is 2.21 bits per heavy atom. The summed E-state index contributed by atoms with van der Waals surface area (Å²) in [6.45, 7) is 4.03. The Kier molecular flexibility index (Phi) is 5.59. The Morgan fingerprint density at radius 3 is 2.68 bits per heavy atom. The summed E-state index contributed by atoms with van der Waals surface area (Å²) in [6, 6.07) is -1.55. The summed E-state index contributed by atoms with van der Waals surface area (Å²) in [7, 11) is 0. The summed E-state index contributed by atoms with van der Waals surface area (Å²) < 4.78 is 0. The topological polar surface area (TPSA) is 108 Å². The highest BCUT2D eigenvalue weighted by Gasteiger charge is 2.26. The number of carbonyl (C=O) groups is 3. The lowest BCUT2D eigenvalue weighted by molar-refractivity contribution is -0.140. The Hall–Kier alpha value is -1.79. The van der Waals surface area contributed by atoms with Crippen LogP contribution in [0.3, 0.4) is 0 Å². The molecule has 19 heavy (non-hydrogen) atoms. The van der Waals surface area contributed by atoms with Gasteiger partial charge in [-0.05, 0) is 12.3 Å². The summed E-state index contributed by atoms with van der Waals surface area (Å²) >= 11 is 0. The minimum Gasteiger partial charge on any atom is -0.480 e. The molecule has 7 heteroatoms. The van der Waals surface area contributed by atoms with Gasteiger partial charge in [0.1, 0.15) is 6.04 Å². The van der Waals surface area contributed by atoms with Crippen molar-refractivity contribution < 1.29 is 19.5 Å². The zero-order valence-electron chi connectivity index (χ0n) is 11.2. The number of urea groups is 1. The molecular formula is C12H21N3O4. The van der Waals surface area contributed by atoms with Crippen molar-refractivity contribution in [2.24, 2.45) is 5.92 Å². The van der Waals surface area contributed by atoms with Crippen molar-refractivity contribution >= 4 is 17.9 Å². The monoisotopic (exact) mass is 271 g/mol. The van der Waals surface area contributed by atoms with Crippen LogP contribution in [0.15, 0.2) is 0 Å². The van der Waals surface area contributed by atoms with E-state index in [4.69, 9.17) is 5.11 Å². The Bertz CT molecular complexity index is 349. The number of carboxylic acids is 1. The molecule has 0 aromatic carbocycles. The zero-order valence-corrected chi connectivity index (χ0v) is 11.2. The molecule has 0 spiro atoms. The fourth-order valence-corrected chi connectivity index (χ4v) is 1.91. The van der Waals surface area contributed by atoms with E-state index in [1.807, 2.05) is 6.92 Å². The highest BCUT2D eigenvalue weighted by molar-refractivity contribution is 5.83. The third-order valence-corrected chi connectivity index (χ3v) is 3.37. The van der Waals surface area contributed by atoms with Crippen LogP contribution in [0.2, 0.25) is 0 Å². The van der Waals surface area contributed by atoms with Crippen molar-refractivity contribution in [1.29, 1.82) is 0 Å². The third kappa shape index (κ3) is 4.76. The highest BCUT2D eigenvalue weighted by atomic mass is 16.4. The largest absolute Gasteiger partial charge is 0.480 e. The summed E-state index contributed by atoms with van der Waals surface area (Å²) in [5.74, 6) is -1.21. The number of carbonyl (C=O) groups excluding carboxylic acids is 2. The lowest BCUT2D eigenvalue weighted by Gasteiger charge is -2.26. The molecule has 0 bridgehead atoms. The molecule has 7 nitrogen and oxygen atoms in total. The smallest absolute Gasteiger partial charge is 0.326 e. The Labute approximate surface area is 112 Å². The van der Waals surface area contributed by atoms with Crippen LogP contribution in [-0.4, -0.2) is 41.6 Å². The van der Waals surface area contributed by atoms with E-state index in [9.17, 15) is 14.4 Å². The molecule has 1 aliphatic heterocycles. The van der Waals surface area contributed by atoms with Gasteiger partial charge in [-0.3, -0.25) is 4.79 Å². The lowest BCUT2D eigenvalue weighted by Crippen LogP contribution is -2.54. The van der Waals surface area contributed by atoms with E-state index in [1.54, 1.807) is 6.92 Å². The molecule has 1 unspecified atom stereocenters. The molecular weight excluding hydrogens is 250 g/mol. The molecule has 0 aliphatic carbocycles. The lowest BCUT2D eigenvalue weighted by atomic mass is 9.99. The van der Waals surface area contributed by atoms with E-state index in [1.165, 1.54) is 0 Å². The summed E-state index contributed by atoms with van der Waals surface area (Å²) in [6.07, 6.45) is 1.61. The van der Waals surface area contributed by atoms with Gasteiger partial charge in [-0.25, -0.2) is 9.59 Å². The van der Waals surface area contributed by atoms with Gasteiger partial charge >= 0.3 is 12.0 Å². The van der Waals surface area contributed by atoms with Gasteiger partial charge in [0.05, 0.1) is 0 Å². The number of rotatable bonds is 5. The van der Waals surface area contributed by atoms with Crippen LogP contribution in [0.5, 0.6) is 0 Å². The van der Waals surface area contributed by atoms with Gasteiger partial charge < -0.3 is 21.1 Å². The Balaban J connectivity index is 2.44. The van der Waals surface area contributed by atoms with Gasteiger partial charge in [0, 0.05) is 19.0 Å². The summed E-state index contributed by atoms with van der Waals surface area (Å²) in [5.41, 5.74) is 0. The predicted octanol–water partition coefficient (Wildman–Crippen LogP) is 0.0635. The van der Waals surface area contributed by atoms with Crippen LogP contribution in [0.1, 0.15) is 33.1 Å². The molecule has 1 fully saturated rings. The number of nitrogens with one attached hydrogen (secondary N) is 3. The minimum absolute atomic E-state index is 0.0264. The first kappa shape index (κ1) is 15.3. The minimum atomic E-state index is -1.04. The molecule has 4 N–H and O–H groups in total. The van der Waals surface area contributed by atoms with Crippen LogP contribution in [0.4, 0.5) is 4.79 Å². The molecule has 1 saturated heterocycles. The number of amides is 3. The quantitative estimate of drug-likeness (QED) is 0.567. The van der Waals surface area contributed by atoms with Crippen LogP contribution < -0.4 is 16.0 Å². The zero-order chi connectivity index (χ0) is 14.4. The van der Waals surface area contributed by atoms with E-state index < -0.39 is 18.0 Å². The third-order valence-electron chi connectivity index (χ3n) is 3.37. The van der Waals surface area contributed by atoms with E-state index in [2.05, 4.69) is 16.0 Å². The first-order chi connectivity index (χ1) is 8.93. The molecule has 0 aromatic rings. The van der Waals surface area contributed by atoms with Crippen LogP contribution in [-0.2, 0) is 9.59 Å². The van der Waals surface area contributed by atoms with E-state index in [0.29, 0.717) is 25.8 Å². The fraction of sp³-hybridized carbons (Fsp3) is 0.750. The Morgan fingerprint density at radius 1 is 1.53 bits per heavy atom. The standard InChI is InChI=1S/C12H21N3O4/c1-3-7(2)10(11(17)18)15-12(19)14-8-4-5-9(16)13-6-8/h7-8,10H,3-6H2,1-2H3,(H,13,16)(H,17,18)(H2,14,15,19)/t7-,8?,10-/m0/s1. The average molecular weight is 271 g/mol. The molecule has 0 radical (unpaired) electrons. The first-order valence-electron chi connectivity index (χ1n) is 6.50. The van der Waals surface area contributed by atoms with Crippen molar-refractivity contribution in [3.63, 3.8) is 0 Å². The molecule has 0 aromatic heterocycles.